The summed E-state index contributed by atoms with van der Waals surface area (Å²) in [7, 11) is 0. The summed E-state index contributed by atoms with van der Waals surface area (Å²) in [4.78, 5) is 25.0. The lowest BCUT2D eigenvalue weighted by atomic mass is 10.1. The molecule has 0 aromatic heterocycles. The Labute approximate surface area is 181 Å². The Bertz CT molecular complexity index is 994. The molecule has 5 nitrogen and oxygen atoms in total. The topological polar surface area (TPSA) is 67.4 Å². The fourth-order valence-electron chi connectivity index (χ4n) is 2.82. The lowest BCUT2D eigenvalue weighted by molar-refractivity contribution is -0.122. The van der Waals surface area contributed by atoms with E-state index in [1.165, 1.54) is 0 Å². The first-order valence-corrected chi connectivity index (χ1v) is 10.0. The largest absolute Gasteiger partial charge is 0.481 e. The van der Waals surface area contributed by atoms with Gasteiger partial charge in [0.05, 0.1) is 10.7 Å². The van der Waals surface area contributed by atoms with E-state index < -0.39 is 6.10 Å². The summed E-state index contributed by atoms with van der Waals surface area (Å²) in [5.41, 5.74) is 1.93. The molecule has 3 aromatic rings. The van der Waals surface area contributed by atoms with Crippen molar-refractivity contribution in [3.05, 3.63) is 95.0 Å². The summed E-state index contributed by atoms with van der Waals surface area (Å²) in [6.07, 6.45) is 0.00443. The van der Waals surface area contributed by atoms with E-state index in [4.69, 9.17) is 16.3 Å². The average molecular weight is 423 g/mol. The summed E-state index contributed by atoms with van der Waals surface area (Å²) in [6, 6.07) is 23.8. The van der Waals surface area contributed by atoms with Gasteiger partial charge in [-0.15, -0.1) is 0 Å². The maximum atomic E-state index is 12.5. The Hall–Kier alpha value is -3.31. The third kappa shape index (κ3) is 6.09. The van der Waals surface area contributed by atoms with Crippen LogP contribution < -0.4 is 15.4 Å². The highest BCUT2D eigenvalue weighted by Crippen LogP contribution is 2.24. The predicted octanol–water partition coefficient (Wildman–Crippen LogP) is 4.72. The Balaban J connectivity index is 1.58. The second kappa shape index (κ2) is 10.5. The molecule has 0 aliphatic carbocycles. The van der Waals surface area contributed by atoms with Gasteiger partial charge in [0.15, 0.2) is 6.10 Å². The summed E-state index contributed by atoms with van der Waals surface area (Å²) in [5, 5.41) is 5.96. The van der Waals surface area contributed by atoms with Crippen LogP contribution >= 0.6 is 11.6 Å². The molecule has 0 saturated carbocycles. The van der Waals surface area contributed by atoms with Crippen LogP contribution in [0, 0.1) is 0 Å². The van der Waals surface area contributed by atoms with Crippen molar-refractivity contribution < 1.29 is 14.3 Å². The molecule has 0 fully saturated rings. The Kier molecular flexibility index (Phi) is 7.46. The summed E-state index contributed by atoms with van der Waals surface area (Å²) in [5.74, 6) is 0.00635. The number of benzene rings is 3. The minimum Gasteiger partial charge on any atom is -0.481 e. The molecule has 6 heteroatoms. The number of carbonyl (C=O) groups is 2. The lowest BCUT2D eigenvalue weighted by Gasteiger charge is -2.16. The van der Waals surface area contributed by atoms with Crippen molar-refractivity contribution in [3.63, 3.8) is 0 Å². The third-order valence-electron chi connectivity index (χ3n) is 4.45. The Morgan fingerprint density at radius 3 is 2.33 bits per heavy atom. The maximum absolute atomic E-state index is 12.5. The van der Waals surface area contributed by atoms with Crippen LogP contribution in [0.3, 0.4) is 0 Å². The second-order valence-electron chi connectivity index (χ2n) is 6.75. The van der Waals surface area contributed by atoms with Gasteiger partial charge in [0.1, 0.15) is 5.75 Å². The highest BCUT2D eigenvalue weighted by molar-refractivity contribution is 6.34. The number of halogens is 1. The molecule has 3 rings (SSSR count). The predicted molar refractivity (Wildman–Crippen MR) is 119 cm³/mol. The molecule has 0 aliphatic rings. The van der Waals surface area contributed by atoms with Crippen LogP contribution in [0.2, 0.25) is 5.02 Å². The van der Waals surface area contributed by atoms with E-state index in [-0.39, 0.29) is 11.8 Å². The number of ether oxygens (including phenoxy) is 1. The summed E-state index contributed by atoms with van der Waals surface area (Å²) < 4.78 is 5.63. The average Bonchev–Trinajstić information content (AvgIpc) is 2.76. The van der Waals surface area contributed by atoms with E-state index in [2.05, 4.69) is 10.6 Å². The molecule has 0 spiro atoms. The molecular weight excluding hydrogens is 400 g/mol. The number of rotatable bonds is 8. The van der Waals surface area contributed by atoms with Crippen LogP contribution in [0.5, 0.6) is 5.75 Å². The van der Waals surface area contributed by atoms with Gasteiger partial charge in [0, 0.05) is 12.1 Å². The fourth-order valence-corrected chi connectivity index (χ4v) is 2.99. The quantitative estimate of drug-likeness (QED) is 0.552. The number of nitrogens with one attached hydrogen (secondary N) is 2. The van der Waals surface area contributed by atoms with Gasteiger partial charge in [0.25, 0.3) is 11.8 Å². The SMILES string of the molecule is C[C@H](Oc1ccccc1)C(=O)Nc1cc(C(=O)NCCc2ccccc2)ccc1Cl. The Morgan fingerprint density at radius 2 is 1.63 bits per heavy atom. The van der Waals surface area contributed by atoms with Gasteiger partial charge in [0.2, 0.25) is 0 Å². The first-order chi connectivity index (χ1) is 14.5. The van der Waals surface area contributed by atoms with E-state index in [0.717, 1.165) is 12.0 Å². The highest BCUT2D eigenvalue weighted by Gasteiger charge is 2.17. The molecule has 2 N–H and O–H groups in total. The van der Waals surface area contributed by atoms with E-state index >= 15 is 0 Å². The number of hydrogen-bond acceptors (Lipinski definition) is 3. The van der Waals surface area contributed by atoms with Crippen LogP contribution in [0.1, 0.15) is 22.8 Å². The van der Waals surface area contributed by atoms with Gasteiger partial charge in [-0.05, 0) is 49.2 Å². The van der Waals surface area contributed by atoms with Gasteiger partial charge in [-0.1, -0.05) is 60.1 Å². The van der Waals surface area contributed by atoms with E-state index in [9.17, 15) is 9.59 Å². The standard InChI is InChI=1S/C24H23ClN2O3/c1-17(30-20-10-6-3-7-11-20)23(28)27-22-16-19(12-13-21(22)25)24(29)26-15-14-18-8-4-2-5-9-18/h2-13,16-17H,14-15H2,1H3,(H,26,29)(H,27,28)/t17-/m0/s1. The minimum atomic E-state index is -0.730. The maximum Gasteiger partial charge on any atom is 0.265 e. The van der Waals surface area contributed by atoms with Crippen LogP contribution in [0.15, 0.2) is 78.9 Å². The molecular formula is C24H23ClN2O3. The molecule has 0 aliphatic heterocycles. The van der Waals surface area contributed by atoms with Gasteiger partial charge in [-0.25, -0.2) is 0 Å². The highest BCUT2D eigenvalue weighted by atomic mass is 35.5. The van der Waals surface area contributed by atoms with E-state index in [1.807, 2.05) is 48.5 Å². The molecule has 1 atom stereocenters. The van der Waals surface area contributed by atoms with Crippen LogP contribution in [-0.2, 0) is 11.2 Å². The minimum absolute atomic E-state index is 0.230. The molecule has 0 radical (unpaired) electrons. The van der Waals surface area contributed by atoms with Gasteiger partial charge in [-0.3, -0.25) is 9.59 Å². The zero-order valence-corrected chi connectivity index (χ0v) is 17.4. The number of amides is 2. The van der Waals surface area contributed by atoms with Crippen LogP contribution in [-0.4, -0.2) is 24.5 Å². The summed E-state index contributed by atoms with van der Waals surface area (Å²) >= 11 is 6.21. The molecule has 0 unspecified atom stereocenters. The van der Waals surface area contributed by atoms with Crippen LogP contribution in [0.25, 0.3) is 0 Å². The summed E-state index contributed by atoms with van der Waals surface area (Å²) in [6.45, 7) is 2.16. The molecule has 2 amide bonds. The first kappa shape index (κ1) is 21.4. The van der Waals surface area contributed by atoms with Crippen molar-refractivity contribution in [3.8, 4) is 5.75 Å². The number of hydrogen-bond donors (Lipinski definition) is 2. The molecule has 0 saturated heterocycles. The molecule has 154 valence electrons. The van der Waals surface area contributed by atoms with Gasteiger partial charge in [-0.2, -0.15) is 0 Å². The fraction of sp³-hybridized carbons (Fsp3) is 0.167. The van der Waals surface area contributed by atoms with Gasteiger partial charge >= 0.3 is 0 Å². The van der Waals surface area contributed by atoms with Crippen molar-refractivity contribution in [1.82, 2.24) is 5.32 Å². The molecule has 30 heavy (non-hydrogen) atoms. The number of anilines is 1. The Morgan fingerprint density at radius 1 is 0.967 bits per heavy atom. The molecule has 0 heterocycles. The lowest BCUT2D eigenvalue weighted by Crippen LogP contribution is -2.30. The van der Waals surface area contributed by atoms with Crippen molar-refractivity contribution >= 4 is 29.1 Å². The van der Waals surface area contributed by atoms with Crippen molar-refractivity contribution in [2.24, 2.45) is 0 Å². The van der Waals surface area contributed by atoms with Crippen molar-refractivity contribution in [1.29, 1.82) is 0 Å². The van der Waals surface area contributed by atoms with Crippen molar-refractivity contribution in [2.75, 3.05) is 11.9 Å². The molecule has 3 aromatic carbocycles. The van der Waals surface area contributed by atoms with E-state index in [0.29, 0.717) is 28.6 Å². The smallest absolute Gasteiger partial charge is 0.265 e. The zero-order valence-electron chi connectivity index (χ0n) is 16.6. The van der Waals surface area contributed by atoms with E-state index in [1.54, 1.807) is 37.3 Å². The van der Waals surface area contributed by atoms with Gasteiger partial charge < -0.3 is 15.4 Å². The second-order valence-corrected chi connectivity index (χ2v) is 7.16. The number of carbonyl (C=O) groups excluding carboxylic acids is 2. The van der Waals surface area contributed by atoms with Crippen LogP contribution in [0.4, 0.5) is 5.69 Å². The third-order valence-corrected chi connectivity index (χ3v) is 4.78. The van der Waals surface area contributed by atoms with Crippen molar-refractivity contribution in [2.45, 2.75) is 19.4 Å². The first-order valence-electron chi connectivity index (χ1n) is 9.67. The monoisotopic (exact) mass is 422 g/mol. The zero-order chi connectivity index (χ0) is 21.3. The molecule has 0 bridgehead atoms. The normalized spacial score (nSPS) is 11.4. The number of para-hydroxylation sites is 1.